The van der Waals surface area contributed by atoms with Crippen molar-refractivity contribution in [3.63, 3.8) is 0 Å². The summed E-state index contributed by atoms with van der Waals surface area (Å²) in [4.78, 5) is 26.2. The Morgan fingerprint density at radius 1 is 0.692 bits per heavy atom. The van der Waals surface area contributed by atoms with Crippen molar-refractivity contribution in [1.82, 2.24) is 0 Å². The van der Waals surface area contributed by atoms with Gasteiger partial charge in [-0.15, -0.1) is 0 Å². The molecule has 2 unspecified atom stereocenters. The first-order valence-electron chi connectivity index (χ1n) is 9.87. The molecule has 0 aliphatic rings. The highest BCUT2D eigenvalue weighted by atomic mass is 16.6. The SMILES string of the molecule is CCCOC(=O)C(CC)(OC(C)C)C(CC)(OC(C)C)C(=O)OCCC. The molecule has 0 aliphatic heterocycles. The molecule has 0 rings (SSSR count). The van der Waals surface area contributed by atoms with E-state index in [1.54, 1.807) is 13.8 Å². The van der Waals surface area contributed by atoms with Crippen LogP contribution in [-0.2, 0) is 28.5 Å². The van der Waals surface area contributed by atoms with Gasteiger partial charge >= 0.3 is 11.9 Å². The standard InChI is InChI=1S/C20H38O6/c1-9-13-23-17(21)19(11-3,25-15(5)6)20(12-4,26-16(7)8)18(22)24-14-10-2/h15-16H,9-14H2,1-8H3. The first kappa shape index (κ1) is 24.9. The van der Waals surface area contributed by atoms with Gasteiger partial charge in [0.05, 0.1) is 25.4 Å². The quantitative estimate of drug-likeness (QED) is 0.453. The van der Waals surface area contributed by atoms with Crippen molar-refractivity contribution in [2.45, 2.75) is 104 Å². The van der Waals surface area contributed by atoms with Gasteiger partial charge < -0.3 is 18.9 Å². The second-order valence-electron chi connectivity index (χ2n) is 6.97. The van der Waals surface area contributed by atoms with E-state index in [0.29, 0.717) is 12.8 Å². The van der Waals surface area contributed by atoms with E-state index in [-0.39, 0.29) is 38.3 Å². The number of hydrogen-bond acceptors (Lipinski definition) is 6. The molecule has 0 bridgehead atoms. The van der Waals surface area contributed by atoms with Gasteiger partial charge in [0.1, 0.15) is 0 Å². The summed E-state index contributed by atoms with van der Waals surface area (Å²) in [5.41, 5.74) is -3.14. The summed E-state index contributed by atoms with van der Waals surface area (Å²) in [6, 6.07) is 0. The second kappa shape index (κ2) is 11.5. The molecule has 2 atom stereocenters. The van der Waals surface area contributed by atoms with E-state index in [1.165, 1.54) is 0 Å². The van der Waals surface area contributed by atoms with Crippen LogP contribution in [0.3, 0.4) is 0 Å². The molecule has 0 heterocycles. The van der Waals surface area contributed by atoms with Crippen molar-refractivity contribution in [2.75, 3.05) is 13.2 Å². The molecule has 0 radical (unpaired) electrons. The topological polar surface area (TPSA) is 71.1 Å². The van der Waals surface area contributed by atoms with E-state index in [4.69, 9.17) is 18.9 Å². The van der Waals surface area contributed by atoms with E-state index in [0.717, 1.165) is 0 Å². The molecule has 0 saturated heterocycles. The summed E-state index contributed by atoms with van der Waals surface area (Å²) in [5, 5.41) is 0. The summed E-state index contributed by atoms with van der Waals surface area (Å²) < 4.78 is 23.1. The number of carbonyl (C=O) groups is 2. The Hall–Kier alpha value is -1.14. The van der Waals surface area contributed by atoms with E-state index in [9.17, 15) is 9.59 Å². The lowest BCUT2D eigenvalue weighted by molar-refractivity contribution is -0.252. The molecule has 0 N–H and O–H groups in total. The Kier molecular flexibility index (Phi) is 11.0. The second-order valence-corrected chi connectivity index (χ2v) is 6.97. The first-order valence-corrected chi connectivity index (χ1v) is 9.87. The Labute approximate surface area is 158 Å². The third kappa shape index (κ3) is 5.68. The largest absolute Gasteiger partial charge is 0.463 e. The average molecular weight is 375 g/mol. The lowest BCUT2D eigenvalue weighted by Gasteiger charge is -2.46. The molecule has 0 spiro atoms. The van der Waals surface area contributed by atoms with Crippen molar-refractivity contribution < 1.29 is 28.5 Å². The van der Waals surface area contributed by atoms with Gasteiger partial charge in [-0.2, -0.15) is 0 Å². The molecule has 0 amide bonds. The van der Waals surface area contributed by atoms with Crippen LogP contribution in [0.4, 0.5) is 0 Å². The maximum Gasteiger partial charge on any atom is 0.342 e. The fourth-order valence-electron chi connectivity index (χ4n) is 3.07. The van der Waals surface area contributed by atoms with Crippen LogP contribution >= 0.6 is 0 Å². The molecule has 0 saturated carbocycles. The Balaban J connectivity index is 6.35. The van der Waals surface area contributed by atoms with E-state index in [2.05, 4.69) is 0 Å². The van der Waals surface area contributed by atoms with Crippen LogP contribution in [0.2, 0.25) is 0 Å². The molecular weight excluding hydrogens is 336 g/mol. The molecule has 0 aromatic heterocycles. The van der Waals surface area contributed by atoms with Crippen molar-refractivity contribution in [3.8, 4) is 0 Å². The normalized spacial score (nSPS) is 16.2. The number of rotatable bonds is 13. The predicted octanol–water partition coefficient (Wildman–Crippen LogP) is 4.04. The van der Waals surface area contributed by atoms with Crippen LogP contribution in [0, 0.1) is 0 Å². The summed E-state index contributed by atoms with van der Waals surface area (Å²) in [5.74, 6) is -1.15. The summed E-state index contributed by atoms with van der Waals surface area (Å²) >= 11 is 0. The molecule has 0 aliphatic carbocycles. The number of esters is 2. The molecule has 0 aromatic carbocycles. The van der Waals surface area contributed by atoms with Crippen LogP contribution in [-0.4, -0.2) is 48.6 Å². The first-order chi connectivity index (χ1) is 12.2. The lowest BCUT2D eigenvalue weighted by atomic mass is 9.77. The highest BCUT2D eigenvalue weighted by Crippen LogP contribution is 2.40. The Bertz CT molecular complexity index is 394. The van der Waals surface area contributed by atoms with Gasteiger partial charge in [0.25, 0.3) is 0 Å². The third-order valence-electron chi connectivity index (χ3n) is 4.06. The highest BCUT2D eigenvalue weighted by Gasteiger charge is 2.64. The number of ether oxygens (including phenoxy) is 4. The van der Waals surface area contributed by atoms with Gasteiger partial charge in [-0.25, -0.2) is 9.59 Å². The molecular formula is C20H38O6. The smallest absolute Gasteiger partial charge is 0.342 e. The molecule has 26 heavy (non-hydrogen) atoms. The Morgan fingerprint density at radius 2 is 1.00 bits per heavy atom. The monoisotopic (exact) mass is 374 g/mol. The van der Waals surface area contributed by atoms with Crippen LogP contribution in [0.25, 0.3) is 0 Å². The van der Waals surface area contributed by atoms with Crippen LogP contribution in [0.1, 0.15) is 81.1 Å². The Morgan fingerprint density at radius 3 is 1.19 bits per heavy atom. The minimum absolute atomic E-state index is 0.232. The van der Waals surface area contributed by atoms with Crippen LogP contribution in [0.15, 0.2) is 0 Å². The van der Waals surface area contributed by atoms with Crippen molar-refractivity contribution >= 4 is 11.9 Å². The van der Waals surface area contributed by atoms with Gasteiger partial charge in [-0.05, 0) is 53.4 Å². The van der Waals surface area contributed by atoms with Gasteiger partial charge in [-0.3, -0.25) is 0 Å². The maximum absolute atomic E-state index is 13.1. The van der Waals surface area contributed by atoms with E-state index >= 15 is 0 Å². The zero-order valence-corrected chi connectivity index (χ0v) is 17.8. The fraction of sp³-hybridized carbons (Fsp3) is 0.900. The van der Waals surface area contributed by atoms with Crippen LogP contribution in [0.5, 0.6) is 0 Å². The van der Waals surface area contributed by atoms with Gasteiger partial charge in [0.2, 0.25) is 11.2 Å². The van der Waals surface area contributed by atoms with Gasteiger partial charge in [-0.1, -0.05) is 27.7 Å². The van der Waals surface area contributed by atoms with Crippen LogP contribution < -0.4 is 0 Å². The molecule has 154 valence electrons. The van der Waals surface area contributed by atoms with Gasteiger partial charge in [0.15, 0.2) is 0 Å². The molecule has 6 nitrogen and oxygen atoms in total. The molecule has 6 heteroatoms. The zero-order chi connectivity index (χ0) is 20.4. The van der Waals surface area contributed by atoms with E-state index in [1.807, 2.05) is 41.5 Å². The summed E-state index contributed by atoms with van der Waals surface area (Å²) in [7, 11) is 0. The van der Waals surface area contributed by atoms with Gasteiger partial charge in [0, 0.05) is 0 Å². The lowest BCUT2D eigenvalue weighted by Crippen LogP contribution is -2.68. The average Bonchev–Trinajstić information content (AvgIpc) is 2.59. The van der Waals surface area contributed by atoms with Crippen molar-refractivity contribution in [1.29, 1.82) is 0 Å². The minimum atomic E-state index is -1.57. The van der Waals surface area contributed by atoms with E-state index < -0.39 is 23.1 Å². The number of carbonyl (C=O) groups excluding carboxylic acids is 2. The zero-order valence-electron chi connectivity index (χ0n) is 17.8. The molecule has 0 fully saturated rings. The van der Waals surface area contributed by atoms with Crippen molar-refractivity contribution in [3.05, 3.63) is 0 Å². The summed E-state index contributed by atoms with van der Waals surface area (Å²) in [6.07, 6.45) is 1.22. The van der Waals surface area contributed by atoms with Crippen molar-refractivity contribution in [2.24, 2.45) is 0 Å². The minimum Gasteiger partial charge on any atom is -0.463 e. The predicted molar refractivity (Wildman–Crippen MR) is 101 cm³/mol. The summed E-state index contributed by atoms with van der Waals surface area (Å²) in [6.45, 7) is 15.2. The highest BCUT2D eigenvalue weighted by molar-refractivity contribution is 5.93. The third-order valence-corrected chi connectivity index (χ3v) is 4.06. The fourth-order valence-corrected chi connectivity index (χ4v) is 3.07. The molecule has 0 aromatic rings. The number of hydrogen-bond donors (Lipinski definition) is 0. The maximum atomic E-state index is 13.1.